The van der Waals surface area contributed by atoms with Crippen LogP contribution in [-0.4, -0.2) is 28.0 Å². The zero-order valence-corrected chi connectivity index (χ0v) is 12.1. The van der Waals surface area contributed by atoms with Crippen LogP contribution >= 0.6 is 0 Å². The zero-order valence-electron chi connectivity index (χ0n) is 11.3. The fraction of sp³-hybridized carbons (Fsp3) is 0.571. The monoisotopic (exact) mass is 268 g/mol. The second-order valence-electron chi connectivity index (χ2n) is 5.20. The smallest absolute Gasteiger partial charge is 0.163 e. The summed E-state index contributed by atoms with van der Waals surface area (Å²) < 4.78 is 23.7. The van der Waals surface area contributed by atoms with Gasteiger partial charge in [0.1, 0.15) is 0 Å². The lowest BCUT2D eigenvalue weighted by molar-refractivity contribution is -0.143. The van der Waals surface area contributed by atoms with E-state index in [1.807, 2.05) is 52.0 Å². The molecule has 0 N–H and O–H groups in total. The van der Waals surface area contributed by atoms with Crippen molar-refractivity contribution in [2.24, 2.45) is 0 Å². The van der Waals surface area contributed by atoms with Gasteiger partial charge < -0.3 is 9.47 Å². The van der Waals surface area contributed by atoms with E-state index in [4.69, 9.17) is 9.47 Å². The highest BCUT2D eigenvalue weighted by molar-refractivity contribution is 7.85. The standard InChI is InChI=1S/C14H20O3S/c1-10-5-7-12(8-6-10)18(15)9-13-11(2)16-14(3,4)17-13/h5-8,11,13H,9H2,1-4H3/t11-,13+,18?/m0/s1. The van der Waals surface area contributed by atoms with Crippen LogP contribution in [0.15, 0.2) is 29.2 Å². The molecule has 100 valence electrons. The predicted molar refractivity (Wildman–Crippen MR) is 72.0 cm³/mol. The van der Waals surface area contributed by atoms with Gasteiger partial charge >= 0.3 is 0 Å². The molecule has 0 radical (unpaired) electrons. The highest BCUT2D eigenvalue weighted by atomic mass is 32.2. The number of hydrogen-bond acceptors (Lipinski definition) is 3. The van der Waals surface area contributed by atoms with Crippen molar-refractivity contribution in [1.29, 1.82) is 0 Å². The van der Waals surface area contributed by atoms with E-state index in [9.17, 15) is 4.21 Å². The molecule has 1 aromatic carbocycles. The van der Waals surface area contributed by atoms with Crippen LogP contribution in [0.3, 0.4) is 0 Å². The van der Waals surface area contributed by atoms with E-state index < -0.39 is 16.6 Å². The molecule has 1 saturated heterocycles. The Morgan fingerprint density at radius 1 is 1.22 bits per heavy atom. The Morgan fingerprint density at radius 2 is 1.83 bits per heavy atom. The summed E-state index contributed by atoms with van der Waals surface area (Å²) in [7, 11) is -1.04. The number of ether oxygens (including phenoxy) is 2. The average molecular weight is 268 g/mol. The van der Waals surface area contributed by atoms with E-state index in [2.05, 4.69) is 0 Å². The van der Waals surface area contributed by atoms with Gasteiger partial charge in [-0.1, -0.05) is 17.7 Å². The lowest BCUT2D eigenvalue weighted by atomic mass is 10.2. The van der Waals surface area contributed by atoms with Crippen molar-refractivity contribution in [3.63, 3.8) is 0 Å². The van der Waals surface area contributed by atoms with Crippen LogP contribution in [0.5, 0.6) is 0 Å². The van der Waals surface area contributed by atoms with Crippen molar-refractivity contribution in [2.45, 2.75) is 50.6 Å². The van der Waals surface area contributed by atoms with Gasteiger partial charge in [0, 0.05) is 4.90 Å². The van der Waals surface area contributed by atoms with E-state index in [1.54, 1.807) is 0 Å². The number of hydrogen-bond donors (Lipinski definition) is 0. The molecule has 1 heterocycles. The van der Waals surface area contributed by atoms with Crippen molar-refractivity contribution in [3.05, 3.63) is 29.8 Å². The topological polar surface area (TPSA) is 35.5 Å². The van der Waals surface area contributed by atoms with Crippen LogP contribution in [0.1, 0.15) is 26.3 Å². The van der Waals surface area contributed by atoms with Crippen molar-refractivity contribution < 1.29 is 13.7 Å². The fourth-order valence-electron chi connectivity index (χ4n) is 2.12. The fourth-order valence-corrected chi connectivity index (χ4v) is 3.39. The van der Waals surface area contributed by atoms with Crippen LogP contribution < -0.4 is 0 Å². The van der Waals surface area contributed by atoms with E-state index in [0.717, 1.165) is 4.90 Å². The summed E-state index contributed by atoms with van der Waals surface area (Å²) >= 11 is 0. The molecule has 2 rings (SSSR count). The van der Waals surface area contributed by atoms with Gasteiger partial charge in [0.15, 0.2) is 5.79 Å². The third-order valence-corrected chi connectivity index (χ3v) is 4.46. The van der Waals surface area contributed by atoms with E-state index in [1.165, 1.54) is 5.56 Å². The molecule has 3 nitrogen and oxygen atoms in total. The number of benzene rings is 1. The largest absolute Gasteiger partial charge is 0.345 e. The Balaban J connectivity index is 2.02. The first-order valence-electron chi connectivity index (χ1n) is 6.18. The lowest BCUT2D eigenvalue weighted by Gasteiger charge is -2.16. The highest BCUT2D eigenvalue weighted by Gasteiger charge is 2.39. The quantitative estimate of drug-likeness (QED) is 0.845. The van der Waals surface area contributed by atoms with Crippen molar-refractivity contribution in [3.8, 4) is 0 Å². The van der Waals surface area contributed by atoms with Gasteiger partial charge in [-0.25, -0.2) is 0 Å². The average Bonchev–Trinajstić information content (AvgIpc) is 2.52. The SMILES string of the molecule is Cc1ccc(S(=O)C[C@H]2OC(C)(C)O[C@H]2C)cc1. The van der Waals surface area contributed by atoms with Crippen LogP contribution in [0.25, 0.3) is 0 Å². The van der Waals surface area contributed by atoms with Gasteiger partial charge in [0.2, 0.25) is 0 Å². The summed E-state index contributed by atoms with van der Waals surface area (Å²) in [5.41, 5.74) is 1.17. The molecule has 0 aliphatic carbocycles. The second kappa shape index (κ2) is 5.11. The van der Waals surface area contributed by atoms with Crippen LogP contribution in [0.2, 0.25) is 0 Å². The molecule has 18 heavy (non-hydrogen) atoms. The van der Waals surface area contributed by atoms with E-state index in [-0.39, 0.29) is 12.2 Å². The third kappa shape index (κ3) is 3.19. The first kappa shape index (κ1) is 13.7. The zero-order chi connectivity index (χ0) is 13.3. The minimum absolute atomic E-state index is 0.0191. The van der Waals surface area contributed by atoms with Crippen molar-refractivity contribution >= 4 is 10.8 Å². The Morgan fingerprint density at radius 3 is 2.33 bits per heavy atom. The summed E-state index contributed by atoms with van der Waals surface area (Å²) in [4.78, 5) is 0.848. The molecular weight excluding hydrogens is 248 g/mol. The molecule has 0 amide bonds. The molecule has 0 saturated carbocycles. The highest BCUT2D eigenvalue weighted by Crippen LogP contribution is 2.28. The van der Waals surface area contributed by atoms with Crippen LogP contribution in [-0.2, 0) is 20.3 Å². The normalized spacial score (nSPS) is 28.2. The maximum atomic E-state index is 12.2. The van der Waals surface area contributed by atoms with Gasteiger partial charge in [-0.3, -0.25) is 4.21 Å². The summed E-state index contributed by atoms with van der Waals surface area (Å²) in [6.07, 6.45) is -0.128. The maximum Gasteiger partial charge on any atom is 0.163 e. The summed E-state index contributed by atoms with van der Waals surface area (Å²) in [6.45, 7) is 7.76. The molecule has 1 aliphatic heterocycles. The maximum absolute atomic E-state index is 12.2. The van der Waals surface area contributed by atoms with E-state index >= 15 is 0 Å². The first-order valence-corrected chi connectivity index (χ1v) is 7.50. The Bertz CT molecular complexity index is 439. The van der Waals surface area contributed by atoms with Gasteiger partial charge in [-0.15, -0.1) is 0 Å². The van der Waals surface area contributed by atoms with Gasteiger partial charge in [0.25, 0.3) is 0 Å². The molecule has 1 fully saturated rings. The summed E-state index contributed by atoms with van der Waals surface area (Å²) in [6, 6.07) is 7.79. The molecule has 1 aromatic rings. The Kier molecular flexibility index (Phi) is 3.90. The van der Waals surface area contributed by atoms with Crippen LogP contribution in [0, 0.1) is 6.92 Å². The van der Waals surface area contributed by atoms with Gasteiger partial charge in [-0.05, 0) is 39.8 Å². The van der Waals surface area contributed by atoms with Gasteiger partial charge in [-0.2, -0.15) is 0 Å². The minimum atomic E-state index is -1.04. The molecular formula is C14H20O3S. The molecule has 0 bridgehead atoms. The number of aryl methyl sites for hydroxylation is 1. The van der Waals surface area contributed by atoms with Crippen molar-refractivity contribution in [2.75, 3.05) is 5.75 Å². The molecule has 3 atom stereocenters. The van der Waals surface area contributed by atoms with E-state index in [0.29, 0.717) is 5.75 Å². The second-order valence-corrected chi connectivity index (χ2v) is 6.70. The summed E-state index contributed by atoms with van der Waals surface area (Å²) in [5, 5.41) is 0. The minimum Gasteiger partial charge on any atom is -0.345 e. The summed E-state index contributed by atoms with van der Waals surface area (Å²) in [5.74, 6) is -0.0881. The van der Waals surface area contributed by atoms with Gasteiger partial charge in [0.05, 0.1) is 28.8 Å². The molecule has 0 spiro atoms. The molecule has 1 unspecified atom stereocenters. The third-order valence-electron chi connectivity index (χ3n) is 3.03. The van der Waals surface area contributed by atoms with Crippen molar-refractivity contribution in [1.82, 2.24) is 0 Å². The van der Waals surface area contributed by atoms with Crippen LogP contribution in [0.4, 0.5) is 0 Å². The molecule has 0 aromatic heterocycles. The number of rotatable bonds is 3. The Hall–Kier alpha value is -0.710. The Labute approximate surface area is 111 Å². The molecule has 4 heteroatoms. The first-order chi connectivity index (χ1) is 8.37. The predicted octanol–water partition coefficient (Wildman–Crippen LogP) is 2.64. The lowest BCUT2D eigenvalue weighted by Crippen LogP contribution is -2.26. The molecule has 1 aliphatic rings.